The Morgan fingerprint density at radius 3 is 2.14 bits per heavy atom. The first-order chi connectivity index (χ1) is 13.6. The first kappa shape index (κ1) is 21.5. The SMILES string of the molecule is O=P(O)(O)C(CS(=O)(=O)O)C(Cc1ccccc1)Oc1ccc2ccccc2c1. The second-order valence-corrected chi connectivity index (χ2v) is 10.1. The highest BCUT2D eigenvalue weighted by atomic mass is 32.2. The minimum atomic E-state index is -4.91. The van der Waals surface area contributed by atoms with Crippen molar-refractivity contribution in [3.8, 4) is 5.75 Å². The predicted octanol–water partition coefficient (Wildman–Crippen LogP) is 3.26. The third-order valence-electron chi connectivity index (χ3n) is 4.53. The van der Waals surface area contributed by atoms with E-state index in [1.807, 2.05) is 24.3 Å². The minimum absolute atomic E-state index is 0.0545. The fourth-order valence-electron chi connectivity index (χ4n) is 3.15. The molecule has 0 amide bonds. The van der Waals surface area contributed by atoms with Crippen LogP contribution < -0.4 is 4.74 Å². The molecule has 0 saturated carbocycles. The molecule has 3 aromatic carbocycles. The van der Waals surface area contributed by atoms with Crippen molar-refractivity contribution in [3.05, 3.63) is 78.4 Å². The third kappa shape index (κ3) is 6.13. The van der Waals surface area contributed by atoms with E-state index < -0.39 is 35.2 Å². The Bertz CT molecular complexity index is 1130. The van der Waals surface area contributed by atoms with Crippen molar-refractivity contribution < 1.29 is 32.1 Å². The van der Waals surface area contributed by atoms with Crippen LogP contribution >= 0.6 is 7.60 Å². The Morgan fingerprint density at radius 1 is 0.897 bits per heavy atom. The Hall–Kier alpha value is -2.22. The van der Waals surface area contributed by atoms with Gasteiger partial charge < -0.3 is 14.5 Å². The zero-order valence-electron chi connectivity index (χ0n) is 15.3. The van der Waals surface area contributed by atoms with Crippen LogP contribution in [-0.4, -0.2) is 40.3 Å². The molecule has 2 unspecified atom stereocenters. The molecule has 0 aromatic heterocycles. The standard InChI is InChI=1S/C20H21O7PS/c21-28(22,23)20(14-29(24,25)26)19(12-15-6-2-1-3-7-15)27-18-11-10-16-8-4-5-9-17(16)13-18/h1-11,13,19-20H,12,14H2,(H2,21,22,23)(H,24,25,26). The summed E-state index contributed by atoms with van der Waals surface area (Å²) in [4.78, 5) is 19.6. The quantitative estimate of drug-likeness (QED) is 0.366. The molecule has 0 saturated heterocycles. The van der Waals surface area contributed by atoms with Gasteiger partial charge in [-0.05, 0) is 28.5 Å². The van der Waals surface area contributed by atoms with Crippen LogP contribution in [0.4, 0.5) is 0 Å². The topological polar surface area (TPSA) is 121 Å². The van der Waals surface area contributed by atoms with Crippen molar-refractivity contribution in [2.75, 3.05) is 5.75 Å². The monoisotopic (exact) mass is 436 g/mol. The predicted molar refractivity (Wildman–Crippen MR) is 111 cm³/mol. The van der Waals surface area contributed by atoms with Gasteiger partial charge in [-0.25, -0.2) is 0 Å². The van der Waals surface area contributed by atoms with Crippen LogP contribution in [0.5, 0.6) is 5.75 Å². The maximum absolute atomic E-state index is 12.1. The number of hydrogen-bond donors (Lipinski definition) is 3. The third-order valence-corrected chi connectivity index (χ3v) is 6.94. The van der Waals surface area contributed by atoms with Crippen molar-refractivity contribution in [1.82, 2.24) is 0 Å². The van der Waals surface area contributed by atoms with Crippen LogP contribution in [0.25, 0.3) is 10.8 Å². The minimum Gasteiger partial charge on any atom is -0.489 e. The first-order valence-electron chi connectivity index (χ1n) is 8.81. The van der Waals surface area contributed by atoms with Crippen molar-refractivity contribution in [2.45, 2.75) is 18.2 Å². The molecule has 0 fully saturated rings. The lowest BCUT2D eigenvalue weighted by Gasteiger charge is -2.28. The number of hydrogen-bond acceptors (Lipinski definition) is 4. The molecule has 0 radical (unpaired) electrons. The maximum Gasteiger partial charge on any atom is 0.333 e. The van der Waals surface area contributed by atoms with E-state index in [4.69, 9.17) is 4.74 Å². The molecule has 154 valence electrons. The first-order valence-corrected chi connectivity index (χ1v) is 12.1. The summed E-state index contributed by atoms with van der Waals surface area (Å²) in [5.74, 6) is -0.763. The molecule has 0 spiro atoms. The van der Waals surface area contributed by atoms with Crippen molar-refractivity contribution in [3.63, 3.8) is 0 Å². The number of rotatable bonds is 8. The Labute approximate surface area is 168 Å². The van der Waals surface area contributed by atoms with Gasteiger partial charge in [0.2, 0.25) is 0 Å². The van der Waals surface area contributed by atoms with Gasteiger partial charge in [-0.2, -0.15) is 8.42 Å². The van der Waals surface area contributed by atoms with Gasteiger partial charge in [0.1, 0.15) is 17.5 Å². The van der Waals surface area contributed by atoms with Crippen molar-refractivity contribution in [1.29, 1.82) is 0 Å². The molecular formula is C20H21O7PS. The number of benzene rings is 3. The van der Waals surface area contributed by atoms with Crippen molar-refractivity contribution >= 4 is 28.5 Å². The van der Waals surface area contributed by atoms with E-state index in [2.05, 4.69) is 0 Å². The van der Waals surface area contributed by atoms with E-state index in [1.54, 1.807) is 48.5 Å². The van der Waals surface area contributed by atoms with E-state index >= 15 is 0 Å². The molecule has 0 aliphatic carbocycles. The van der Waals surface area contributed by atoms with Crippen molar-refractivity contribution in [2.24, 2.45) is 0 Å². The van der Waals surface area contributed by atoms with Crippen LogP contribution in [0.15, 0.2) is 72.8 Å². The maximum atomic E-state index is 12.1. The molecule has 3 N–H and O–H groups in total. The summed E-state index contributed by atoms with van der Waals surface area (Å²) in [6, 6.07) is 21.5. The molecule has 2 atom stereocenters. The fraction of sp³-hybridized carbons (Fsp3) is 0.200. The van der Waals surface area contributed by atoms with E-state index in [9.17, 15) is 27.3 Å². The van der Waals surface area contributed by atoms with Crippen LogP contribution in [0, 0.1) is 0 Å². The van der Waals surface area contributed by atoms with Gasteiger partial charge >= 0.3 is 7.60 Å². The molecule has 0 aliphatic heterocycles. The van der Waals surface area contributed by atoms with Gasteiger partial charge in [0.15, 0.2) is 0 Å². The van der Waals surface area contributed by atoms with E-state index in [0.29, 0.717) is 11.3 Å². The van der Waals surface area contributed by atoms with Crippen LogP contribution in [0.3, 0.4) is 0 Å². The molecule has 29 heavy (non-hydrogen) atoms. The Kier molecular flexibility index (Phi) is 6.41. The van der Waals surface area contributed by atoms with Crippen LogP contribution in [0.1, 0.15) is 5.56 Å². The van der Waals surface area contributed by atoms with Gasteiger partial charge in [0, 0.05) is 6.42 Å². The highest BCUT2D eigenvalue weighted by Crippen LogP contribution is 2.45. The summed E-state index contributed by atoms with van der Waals surface area (Å²) in [6.07, 6.45) is -1.12. The molecular weight excluding hydrogens is 415 g/mol. The van der Waals surface area contributed by atoms with E-state index in [-0.39, 0.29) is 6.42 Å². The largest absolute Gasteiger partial charge is 0.489 e. The van der Waals surface area contributed by atoms with Gasteiger partial charge in [-0.15, -0.1) is 0 Å². The van der Waals surface area contributed by atoms with Gasteiger partial charge in [-0.3, -0.25) is 9.12 Å². The average molecular weight is 436 g/mol. The molecule has 3 aromatic rings. The lowest BCUT2D eigenvalue weighted by Crippen LogP contribution is -2.38. The highest BCUT2D eigenvalue weighted by Gasteiger charge is 2.41. The second kappa shape index (κ2) is 8.65. The Morgan fingerprint density at radius 2 is 1.52 bits per heavy atom. The molecule has 0 aliphatic rings. The Balaban J connectivity index is 1.99. The van der Waals surface area contributed by atoms with Gasteiger partial charge in [0.05, 0.1) is 5.75 Å². The molecule has 3 rings (SSSR count). The summed E-state index contributed by atoms with van der Waals surface area (Å²) in [5, 5.41) is 1.83. The van der Waals surface area contributed by atoms with Crippen LogP contribution in [0.2, 0.25) is 0 Å². The number of ether oxygens (including phenoxy) is 1. The van der Waals surface area contributed by atoms with Crippen LogP contribution in [-0.2, 0) is 21.1 Å². The normalized spacial score (nSPS) is 14.4. The summed E-state index contributed by atoms with van der Waals surface area (Å²) in [5.41, 5.74) is -1.02. The summed E-state index contributed by atoms with van der Waals surface area (Å²) >= 11 is 0. The van der Waals surface area contributed by atoms with E-state index in [0.717, 1.165) is 10.8 Å². The second-order valence-electron chi connectivity index (χ2n) is 6.76. The number of fused-ring (bicyclic) bond motifs is 1. The van der Waals surface area contributed by atoms with Gasteiger partial charge in [-0.1, -0.05) is 60.7 Å². The van der Waals surface area contributed by atoms with Gasteiger partial charge in [0.25, 0.3) is 10.1 Å². The highest BCUT2D eigenvalue weighted by molar-refractivity contribution is 7.86. The summed E-state index contributed by atoms with van der Waals surface area (Å²) < 4.78 is 50.1. The summed E-state index contributed by atoms with van der Waals surface area (Å²) in [6.45, 7) is 0. The molecule has 0 heterocycles. The molecule has 9 heteroatoms. The lowest BCUT2D eigenvalue weighted by atomic mass is 10.1. The van der Waals surface area contributed by atoms with E-state index in [1.165, 1.54) is 0 Å². The molecule has 0 bridgehead atoms. The average Bonchev–Trinajstić information content (AvgIpc) is 2.65. The lowest BCUT2D eigenvalue weighted by molar-refractivity contribution is 0.186. The zero-order valence-corrected chi connectivity index (χ0v) is 17.0. The smallest absolute Gasteiger partial charge is 0.333 e. The molecule has 7 nitrogen and oxygen atoms in total. The summed E-state index contributed by atoms with van der Waals surface area (Å²) in [7, 11) is -9.56. The fourth-order valence-corrected chi connectivity index (χ4v) is 5.74. The zero-order chi connectivity index (χ0) is 21.1.